The molecule has 21 heavy (non-hydrogen) atoms. The van der Waals surface area contributed by atoms with Crippen LogP contribution in [-0.4, -0.2) is 24.6 Å². The molecule has 0 N–H and O–H groups in total. The first kappa shape index (κ1) is 15.3. The SMILES string of the molecule is C=C1CC(C(=O)OCC)C(CCc2ccccc2)OC1=O. The van der Waals surface area contributed by atoms with E-state index in [9.17, 15) is 9.59 Å². The minimum absolute atomic E-state index is 0.316. The summed E-state index contributed by atoms with van der Waals surface area (Å²) in [6.07, 6.45) is 1.23. The van der Waals surface area contributed by atoms with Gasteiger partial charge in [-0.2, -0.15) is 0 Å². The summed E-state index contributed by atoms with van der Waals surface area (Å²) in [5, 5.41) is 0. The fourth-order valence-corrected chi connectivity index (χ4v) is 2.48. The Morgan fingerprint density at radius 3 is 2.76 bits per heavy atom. The zero-order valence-corrected chi connectivity index (χ0v) is 12.2. The van der Waals surface area contributed by atoms with Gasteiger partial charge >= 0.3 is 11.9 Å². The largest absolute Gasteiger partial charge is 0.466 e. The first-order chi connectivity index (χ1) is 10.1. The molecular weight excluding hydrogens is 268 g/mol. The van der Waals surface area contributed by atoms with E-state index in [0.29, 0.717) is 25.0 Å². The lowest BCUT2D eigenvalue weighted by molar-refractivity contribution is -0.164. The molecule has 0 bridgehead atoms. The van der Waals surface area contributed by atoms with Crippen molar-refractivity contribution in [3.8, 4) is 0 Å². The second kappa shape index (κ2) is 7.07. The highest BCUT2D eigenvalue weighted by atomic mass is 16.6. The lowest BCUT2D eigenvalue weighted by Crippen LogP contribution is -2.39. The average molecular weight is 288 g/mol. The van der Waals surface area contributed by atoms with Gasteiger partial charge in [0.05, 0.1) is 12.5 Å². The summed E-state index contributed by atoms with van der Waals surface area (Å²) < 4.78 is 10.4. The van der Waals surface area contributed by atoms with Gasteiger partial charge in [0.2, 0.25) is 0 Å². The van der Waals surface area contributed by atoms with Gasteiger partial charge in [-0.05, 0) is 31.7 Å². The molecule has 1 fully saturated rings. The zero-order valence-electron chi connectivity index (χ0n) is 12.2. The van der Waals surface area contributed by atoms with Crippen LogP contribution in [0, 0.1) is 5.92 Å². The third-order valence-electron chi connectivity index (χ3n) is 3.61. The predicted molar refractivity (Wildman–Crippen MR) is 78.5 cm³/mol. The van der Waals surface area contributed by atoms with Crippen molar-refractivity contribution in [2.24, 2.45) is 5.92 Å². The minimum atomic E-state index is -0.445. The Hall–Kier alpha value is -2.10. The van der Waals surface area contributed by atoms with Crippen molar-refractivity contribution in [2.75, 3.05) is 6.61 Å². The van der Waals surface area contributed by atoms with Gasteiger partial charge in [0.1, 0.15) is 6.10 Å². The monoisotopic (exact) mass is 288 g/mol. The highest BCUT2D eigenvalue weighted by Gasteiger charge is 2.38. The minimum Gasteiger partial charge on any atom is -0.466 e. The van der Waals surface area contributed by atoms with Crippen LogP contribution in [0.15, 0.2) is 42.5 Å². The molecule has 2 rings (SSSR count). The maximum atomic E-state index is 12.0. The highest BCUT2D eigenvalue weighted by Crippen LogP contribution is 2.29. The van der Waals surface area contributed by atoms with E-state index in [1.54, 1.807) is 6.92 Å². The molecule has 0 aromatic heterocycles. The van der Waals surface area contributed by atoms with Gasteiger partial charge in [0.25, 0.3) is 0 Å². The van der Waals surface area contributed by atoms with Crippen LogP contribution in [0.3, 0.4) is 0 Å². The molecule has 1 saturated heterocycles. The number of rotatable bonds is 5. The normalized spacial score (nSPS) is 21.8. The van der Waals surface area contributed by atoms with Crippen LogP contribution in [0.5, 0.6) is 0 Å². The lowest BCUT2D eigenvalue weighted by atomic mass is 9.88. The number of benzene rings is 1. The van der Waals surface area contributed by atoms with Crippen molar-refractivity contribution in [1.82, 2.24) is 0 Å². The van der Waals surface area contributed by atoms with Crippen molar-refractivity contribution in [2.45, 2.75) is 32.3 Å². The van der Waals surface area contributed by atoms with E-state index in [1.807, 2.05) is 30.3 Å². The number of carbonyl (C=O) groups excluding carboxylic acids is 2. The third-order valence-corrected chi connectivity index (χ3v) is 3.61. The van der Waals surface area contributed by atoms with Crippen molar-refractivity contribution in [3.63, 3.8) is 0 Å². The Labute approximate surface area is 124 Å². The van der Waals surface area contributed by atoms with E-state index in [1.165, 1.54) is 0 Å². The Balaban J connectivity index is 2.03. The maximum Gasteiger partial charge on any atom is 0.333 e. The van der Waals surface area contributed by atoms with Gasteiger partial charge in [-0.25, -0.2) is 4.79 Å². The van der Waals surface area contributed by atoms with Crippen LogP contribution in [-0.2, 0) is 25.5 Å². The molecule has 1 aromatic rings. The Kier molecular flexibility index (Phi) is 5.14. The molecule has 4 nitrogen and oxygen atoms in total. The number of esters is 2. The average Bonchev–Trinajstić information content (AvgIpc) is 2.49. The van der Waals surface area contributed by atoms with Gasteiger partial charge in [-0.1, -0.05) is 36.9 Å². The first-order valence-electron chi connectivity index (χ1n) is 7.21. The van der Waals surface area contributed by atoms with Gasteiger partial charge in [-0.15, -0.1) is 0 Å². The van der Waals surface area contributed by atoms with E-state index >= 15 is 0 Å². The number of aryl methyl sites for hydroxylation is 1. The van der Waals surface area contributed by atoms with Crippen LogP contribution in [0.4, 0.5) is 0 Å². The van der Waals surface area contributed by atoms with Crippen LogP contribution in [0.2, 0.25) is 0 Å². The number of hydrogen-bond acceptors (Lipinski definition) is 4. The first-order valence-corrected chi connectivity index (χ1v) is 7.21. The molecule has 1 aliphatic rings. The summed E-state index contributed by atoms with van der Waals surface area (Å²) in [6.45, 7) is 5.74. The van der Waals surface area contributed by atoms with E-state index in [-0.39, 0.29) is 5.97 Å². The van der Waals surface area contributed by atoms with Gasteiger partial charge in [-0.3, -0.25) is 4.79 Å². The summed E-state index contributed by atoms with van der Waals surface area (Å²) in [5.74, 6) is -1.17. The van der Waals surface area contributed by atoms with E-state index in [2.05, 4.69) is 6.58 Å². The quantitative estimate of drug-likeness (QED) is 0.617. The number of hydrogen-bond donors (Lipinski definition) is 0. The number of cyclic esters (lactones) is 1. The highest BCUT2D eigenvalue weighted by molar-refractivity contribution is 5.90. The molecule has 2 atom stereocenters. The second-order valence-electron chi connectivity index (χ2n) is 5.13. The fourth-order valence-electron chi connectivity index (χ4n) is 2.48. The third kappa shape index (κ3) is 3.94. The van der Waals surface area contributed by atoms with Crippen molar-refractivity contribution >= 4 is 11.9 Å². The summed E-state index contributed by atoms with van der Waals surface area (Å²) in [7, 11) is 0. The van der Waals surface area contributed by atoms with Crippen LogP contribution in [0.1, 0.15) is 25.3 Å². The predicted octanol–water partition coefficient (Wildman–Crippen LogP) is 2.67. The Bertz CT molecular complexity index is 521. The van der Waals surface area contributed by atoms with Gasteiger partial charge in [0, 0.05) is 5.57 Å². The molecule has 0 amide bonds. The van der Waals surface area contributed by atoms with E-state index in [4.69, 9.17) is 9.47 Å². The summed E-state index contributed by atoms with van der Waals surface area (Å²) in [4.78, 5) is 23.7. The smallest absolute Gasteiger partial charge is 0.333 e. The summed E-state index contributed by atoms with van der Waals surface area (Å²) in [6, 6.07) is 9.92. The van der Waals surface area contributed by atoms with Crippen LogP contribution < -0.4 is 0 Å². The Morgan fingerprint density at radius 1 is 1.38 bits per heavy atom. The number of carbonyl (C=O) groups is 2. The molecule has 2 unspecified atom stereocenters. The Morgan fingerprint density at radius 2 is 2.10 bits per heavy atom. The molecule has 0 aliphatic carbocycles. The molecule has 1 heterocycles. The van der Waals surface area contributed by atoms with E-state index in [0.717, 1.165) is 12.0 Å². The van der Waals surface area contributed by atoms with Gasteiger partial charge in [0.15, 0.2) is 0 Å². The standard InChI is InChI=1S/C17H20O4/c1-3-20-17(19)14-11-12(2)16(18)21-15(14)10-9-13-7-5-4-6-8-13/h4-8,14-15H,2-3,9-11H2,1H3. The summed E-state index contributed by atoms with van der Waals surface area (Å²) >= 11 is 0. The lowest BCUT2D eigenvalue weighted by Gasteiger charge is -2.30. The zero-order chi connectivity index (χ0) is 15.2. The summed E-state index contributed by atoms with van der Waals surface area (Å²) in [5.41, 5.74) is 1.49. The fraction of sp³-hybridized carbons (Fsp3) is 0.412. The topological polar surface area (TPSA) is 52.6 Å². The van der Waals surface area contributed by atoms with Crippen LogP contribution >= 0.6 is 0 Å². The molecule has 0 spiro atoms. The molecule has 1 aromatic carbocycles. The molecule has 4 heteroatoms. The molecule has 112 valence electrons. The van der Waals surface area contributed by atoms with Crippen molar-refractivity contribution in [1.29, 1.82) is 0 Å². The molecule has 1 aliphatic heterocycles. The molecular formula is C17H20O4. The van der Waals surface area contributed by atoms with E-state index < -0.39 is 18.0 Å². The van der Waals surface area contributed by atoms with Crippen LogP contribution in [0.25, 0.3) is 0 Å². The van der Waals surface area contributed by atoms with Gasteiger partial charge < -0.3 is 9.47 Å². The second-order valence-corrected chi connectivity index (χ2v) is 5.13. The molecule has 0 saturated carbocycles. The number of ether oxygens (including phenoxy) is 2. The molecule has 0 radical (unpaired) electrons. The van der Waals surface area contributed by atoms with Crippen molar-refractivity contribution < 1.29 is 19.1 Å². The van der Waals surface area contributed by atoms with Crippen molar-refractivity contribution in [3.05, 3.63) is 48.0 Å². The maximum absolute atomic E-state index is 12.0.